The summed E-state index contributed by atoms with van der Waals surface area (Å²) in [5.41, 5.74) is 0. The van der Waals surface area contributed by atoms with Gasteiger partial charge in [0.25, 0.3) is 0 Å². The molecular weight excluding hydrogens is 184 g/mol. The molecule has 2 aliphatic rings. The van der Waals surface area contributed by atoms with Crippen LogP contribution >= 0.6 is 0 Å². The third-order valence-corrected chi connectivity index (χ3v) is 3.81. The first-order valence-electron chi connectivity index (χ1n) is 6.85. The molecule has 0 bridgehead atoms. The maximum atomic E-state index is 3.46. The van der Waals surface area contributed by atoms with Crippen molar-refractivity contribution in [2.45, 2.75) is 51.5 Å². The van der Waals surface area contributed by atoms with Gasteiger partial charge in [0.05, 0.1) is 0 Å². The lowest BCUT2D eigenvalue weighted by Gasteiger charge is -2.30. The second-order valence-corrected chi connectivity index (χ2v) is 5.27. The van der Waals surface area contributed by atoms with Crippen LogP contribution in [0.3, 0.4) is 0 Å². The molecule has 15 heavy (non-hydrogen) atoms. The molecular formula is C13H26N2. The van der Waals surface area contributed by atoms with E-state index in [4.69, 9.17) is 0 Å². The highest BCUT2D eigenvalue weighted by Crippen LogP contribution is 2.29. The van der Waals surface area contributed by atoms with E-state index in [9.17, 15) is 0 Å². The Kier molecular flexibility index (Phi) is 4.45. The van der Waals surface area contributed by atoms with Gasteiger partial charge in [0, 0.05) is 12.6 Å². The molecule has 0 unspecified atom stereocenters. The highest BCUT2D eigenvalue weighted by Gasteiger charge is 2.30. The summed E-state index contributed by atoms with van der Waals surface area (Å²) in [4.78, 5) is 2.78. The number of piperidine rings is 1. The Balaban J connectivity index is 1.72. The zero-order valence-corrected chi connectivity index (χ0v) is 10.2. The molecule has 0 atom stereocenters. The Morgan fingerprint density at radius 3 is 2.47 bits per heavy atom. The molecule has 0 aromatic heterocycles. The van der Waals surface area contributed by atoms with Crippen LogP contribution in [0.1, 0.15) is 45.4 Å². The molecule has 0 radical (unpaired) electrons. The van der Waals surface area contributed by atoms with E-state index >= 15 is 0 Å². The van der Waals surface area contributed by atoms with E-state index in [2.05, 4.69) is 17.1 Å². The fourth-order valence-corrected chi connectivity index (χ4v) is 2.62. The van der Waals surface area contributed by atoms with Crippen LogP contribution in [0, 0.1) is 5.92 Å². The van der Waals surface area contributed by atoms with Gasteiger partial charge in [-0.15, -0.1) is 0 Å². The van der Waals surface area contributed by atoms with Crippen LogP contribution in [-0.4, -0.2) is 37.1 Å². The zero-order valence-electron chi connectivity index (χ0n) is 10.2. The average Bonchev–Trinajstić information content (AvgIpc) is 3.09. The van der Waals surface area contributed by atoms with Gasteiger partial charge in [0.15, 0.2) is 0 Å². The van der Waals surface area contributed by atoms with Crippen molar-refractivity contribution in [3.63, 3.8) is 0 Å². The highest BCUT2D eigenvalue weighted by atomic mass is 15.2. The minimum absolute atomic E-state index is 0.964. The number of hydrogen-bond acceptors (Lipinski definition) is 2. The third kappa shape index (κ3) is 3.76. The Morgan fingerprint density at radius 1 is 1.13 bits per heavy atom. The van der Waals surface area contributed by atoms with E-state index in [1.165, 1.54) is 64.7 Å². The van der Waals surface area contributed by atoms with Crippen molar-refractivity contribution in [3.05, 3.63) is 0 Å². The van der Waals surface area contributed by atoms with Gasteiger partial charge >= 0.3 is 0 Å². The molecule has 1 N–H and O–H groups in total. The van der Waals surface area contributed by atoms with Gasteiger partial charge in [-0.25, -0.2) is 0 Å². The number of nitrogens with one attached hydrogen (secondary N) is 1. The van der Waals surface area contributed by atoms with Gasteiger partial charge < -0.3 is 10.2 Å². The molecule has 2 fully saturated rings. The van der Waals surface area contributed by atoms with Crippen LogP contribution in [-0.2, 0) is 0 Å². The Hall–Kier alpha value is -0.0800. The zero-order chi connectivity index (χ0) is 10.5. The predicted octanol–water partition coefficient (Wildman–Crippen LogP) is 2.25. The summed E-state index contributed by atoms with van der Waals surface area (Å²) in [6, 6.07) is 0.964. The lowest BCUT2D eigenvalue weighted by atomic mass is 9.97. The molecule has 0 amide bonds. The van der Waals surface area contributed by atoms with E-state index in [1.807, 2.05) is 0 Å². The van der Waals surface area contributed by atoms with Crippen molar-refractivity contribution in [1.29, 1.82) is 0 Å². The molecule has 0 aromatic carbocycles. The van der Waals surface area contributed by atoms with Crippen molar-refractivity contribution >= 4 is 0 Å². The molecule has 1 aliphatic heterocycles. The van der Waals surface area contributed by atoms with Crippen molar-refractivity contribution in [1.82, 2.24) is 10.2 Å². The monoisotopic (exact) mass is 210 g/mol. The highest BCUT2D eigenvalue weighted by molar-refractivity contribution is 4.86. The smallest absolute Gasteiger partial charge is 0.00965 e. The Labute approximate surface area is 94.4 Å². The van der Waals surface area contributed by atoms with Crippen molar-refractivity contribution in [2.75, 3.05) is 26.2 Å². The lowest BCUT2D eigenvalue weighted by Crippen LogP contribution is -2.37. The summed E-state index contributed by atoms with van der Waals surface area (Å²) in [6.45, 7) is 7.53. The van der Waals surface area contributed by atoms with E-state index in [1.54, 1.807) is 0 Å². The molecule has 0 spiro atoms. The van der Waals surface area contributed by atoms with Gasteiger partial charge in [-0.05, 0) is 57.7 Å². The van der Waals surface area contributed by atoms with E-state index in [0.29, 0.717) is 0 Å². The number of rotatable bonds is 6. The van der Waals surface area contributed by atoms with Gasteiger partial charge in [0.1, 0.15) is 0 Å². The maximum Gasteiger partial charge on any atom is 0.00965 e. The summed E-state index contributed by atoms with van der Waals surface area (Å²) >= 11 is 0. The molecule has 1 saturated carbocycles. The molecule has 2 heteroatoms. The number of unbranched alkanes of at least 4 members (excludes halogenated alkanes) is 1. The lowest BCUT2D eigenvalue weighted by molar-refractivity contribution is 0.195. The normalized spacial score (nSPS) is 23.6. The van der Waals surface area contributed by atoms with Crippen molar-refractivity contribution in [3.8, 4) is 0 Å². The topological polar surface area (TPSA) is 15.3 Å². The second-order valence-electron chi connectivity index (χ2n) is 5.27. The van der Waals surface area contributed by atoms with Crippen molar-refractivity contribution < 1.29 is 0 Å². The summed E-state index contributed by atoms with van der Waals surface area (Å²) in [6.07, 6.45) is 8.46. The van der Waals surface area contributed by atoms with Crippen LogP contribution in [0.5, 0.6) is 0 Å². The van der Waals surface area contributed by atoms with Crippen LogP contribution in [0.4, 0.5) is 0 Å². The summed E-state index contributed by atoms with van der Waals surface area (Å²) < 4.78 is 0. The number of nitrogens with zero attached hydrogens (tertiary/aromatic N) is 1. The minimum Gasteiger partial charge on any atom is -0.317 e. The fourth-order valence-electron chi connectivity index (χ4n) is 2.62. The first kappa shape index (κ1) is 11.4. The van der Waals surface area contributed by atoms with Gasteiger partial charge in [-0.3, -0.25) is 0 Å². The minimum atomic E-state index is 0.964. The van der Waals surface area contributed by atoms with Gasteiger partial charge in [-0.1, -0.05) is 13.3 Å². The van der Waals surface area contributed by atoms with E-state index < -0.39 is 0 Å². The fraction of sp³-hybridized carbons (Fsp3) is 1.00. The quantitative estimate of drug-likeness (QED) is 0.723. The maximum absolute atomic E-state index is 3.46. The third-order valence-electron chi connectivity index (χ3n) is 3.81. The first-order valence-corrected chi connectivity index (χ1v) is 6.85. The molecule has 1 aliphatic carbocycles. The van der Waals surface area contributed by atoms with Crippen LogP contribution in [0.2, 0.25) is 0 Å². The van der Waals surface area contributed by atoms with Crippen molar-refractivity contribution in [2.24, 2.45) is 5.92 Å². The summed E-state index contributed by atoms with van der Waals surface area (Å²) in [5.74, 6) is 0.976. The standard InChI is InChI=1S/C13H26N2/c1-2-3-10-15(13-4-5-13)11-12-6-8-14-9-7-12/h12-14H,2-11H2,1H3. The summed E-state index contributed by atoms with van der Waals surface area (Å²) in [7, 11) is 0. The second kappa shape index (κ2) is 5.86. The van der Waals surface area contributed by atoms with Crippen LogP contribution in [0.15, 0.2) is 0 Å². The van der Waals surface area contributed by atoms with E-state index in [-0.39, 0.29) is 0 Å². The van der Waals surface area contributed by atoms with Crippen LogP contribution < -0.4 is 5.32 Å². The molecule has 2 nitrogen and oxygen atoms in total. The van der Waals surface area contributed by atoms with E-state index in [0.717, 1.165) is 12.0 Å². The molecule has 88 valence electrons. The molecule has 2 rings (SSSR count). The average molecular weight is 210 g/mol. The van der Waals surface area contributed by atoms with Gasteiger partial charge in [0.2, 0.25) is 0 Å². The molecule has 1 saturated heterocycles. The molecule has 1 heterocycles. The summed E-state index contributed by atoms with van der Waals surface area (Å²) in [5, 5.41) is 3.46. The Bertz CT molecular complexity index is 171. The molecule has 0 aromatic rings. The van der Waals surface area contributed by atoms with Crippen LogP contribution in [0.25, 0.3) is 0 Å². The predicted molar refractivity (Wildman–Crippen MR) is 65.1 cm³/mol. The number of hydrogen-bond donors (Lipinski definition) is 1. The van der Waals surface area contributed by atoms with Gasteiger partial charge in [-0.2, -0.15) is 0 Å². The Morgan fingerprint density at radius 2 is 1.87 bits per heavy atom. The SMILES string of the molecule is CCCCN(CC1CCNCC1)C1CC1. The first-order chi connectivity index (χ1) is 7.40. The largest absolute Gasteiger partial charge is 0.317 e.